The SMILES string of the molecule is Cc1nc(Cc2c(F)ccc(F)c2F)n(C2CCN(C)CC2)n1. The van der Waals surface area contributed by atoms with Crippen molar-refractivity contribution in [1.82, 2.24) is 19.7 Å². The predicted octanol–water partition coefficient (Wildman–Crippen LogP) is 2.86. The zero-order valence-corrected chi connectivity index (χ0v) is 13.2. The van der Waals surface area contributed by atoms with Crippen LogP contribution in [0.15, 0.2) is 12.1 Å². The second-order valence-corrected chi connectivity index (χ2v) is 6.05. The van der Waals surface area contributed by atoms with E-state index in [2.05, 4.69) is 22.0 Å². The number of benzene rings is 1. The van der Waals surface area contributed by atoms with E-state index in [1.165, 1.54) is 0 Å². The number of nitrogens with zero attached hydrogens (tertiary/aromatic N) is 4. The summed E-state index contributed by atoms with van der Waals surface area (Å²) in [5, 5.41) is 4.39. The zero-order chi connectivity index (χ0) is 16.6. The zero-order valence-electron chi connectivity index (χ0n) is 13.2. The molecule has 0 radical (unpaired) electrons. The Hall–Kier alpha value is -1.89. The van der Waals surface area contributed by atoms with Gasteiger partial charge in [0.25, 0.3) is 0 Å². The Morgan fingerprint density at radius 3 is 2.48 bits per heavy atom. The Morgan fingerprint density at radius 1 is 1.13 bits per heavy atom. The maximum absolute atomic E-state index is 13.9. The molecule has 1 aromatic heterocycles. The lowest BCUT2D eigenvalue weighted by Gasteiger charge is -2.29. The number of halogens is 3. The molecule has 1 saturated heterocycles. The smallest absolute Gasteiger partial charge is 0.165 e. The second kappa shape index (κ2) is 6.31. The molecule has 1 fully saturated rings. The minimum absolute atomic E-state index is 0.109. The van der Waals surface area contributed by atoms with Gasteiger partial charge in [0.15, 0.2) is 11.6 Å². The topological polar surface area (TPSA) is 34.0 Å². The largest absolute Gasteiger partial charge is 0.306 e. The third-order valence-electron chi connectivity index (χ3n) is 4.32. The van der Waals surface area contributed by atoms with E-state index in [0.29, 0.717) is 11.6 Å². The van der Waals surface area contributed by atoms with E-state index in [9.17, 15) is 13.2 Å². The van der Waals surface area contributed by atoms with Crippen LogP contribution < -0.4 is 0 Å². The first-order chi connectivity index (χ1) is 11.0. The first kappa shape index (κ1) is 16.0. The summed E-state index contributed by atoms with van der Waals surface area (Å²) in [5.74, 6) is -1.94. The number of hydrogen-bond acceptors (Lipinski definition) is 3. The van der Waals surface area contributed by atoms with Gasteiger partial charge in [0, 0.05) is 12.0 Å². The molecule has 7 heteroatoms. The molecule has 1 aromatic carbocycles. The van der Waals surface area contributed by atoms with Crippen LogP contribution in [0.25, 0.3) is 0 Å². The van der Waals surface area contributed by atoms with Crippen LogP contribution in [-0.4, -0.2) is 39.8 Å². The van der Waals surface area contributed by atoms with Crippen molar-refractivity contribution in [2.75, 3.05) is 20.1 Å². The van der Waals surface area contributed by atoms with Crippen LogP contribution in [-0.2, 0) is 6.42 Å². The Morgan fingerprint density at radius 2 is 1.78 bits per heavy atom. The van der Waals surface area contributed by atoms with Gasteiger partial charge < -0.3 is 4.90 Å². The number of hydrogen-bond donors (Lipinski definition) is 0. The van der Waals surface area contributed by atoms with E-state index >= 15 is 0 Å². The van der Waals surface area contributed by atoms with Crippen LogP contribution in [0.5, 0.6) is 0 Å². The fourth-order valence-electron chi connectivity index (χ4n) is 3.02. The lowest BCUT2D eigenvalue weighted by atomic mass is 10.0. The van der Waals surface area contributed by atoms with Crippen molar-refractivity contribution in [2.24, 2.45) is 0 Å². The summed E-state index contributed by atoms with van der Waals surface area (Å²) < 4.78 is 42.9. The van der Waals surface area contributed by atoms with Crippen LogP contribution in [0.1, 0.15) is 36.1 Å². The van der Waals surface area contributed by atoms with E-state index in [1.54, 1.807) is 11.6 Å². The normalized spacial score (nSPS) is 16.9. The summed E-state index contributed by atoms with van der Waals surface area (Å²) in [6.45, 7) is 3.62. The van der Waals surface area contributed by atoms with Gasteiger partial charge in [-0.3, -0.25) is 0 Å². The van der Waals surface area contributed by atoms with Crippen LogP contribution >= 0.6 is 0 Å². The van der Waals surface area contributed by atoms with Gasteiger partial charge in [0.05, 0.1) is 6.04 Å². The molecule has 0 atom stereocenters. The number of rotatable bonds is 3. The fourth-order valence-corrected chi connectivity index (χ4v) is 3.02. The Kier molecular flexibility index (Phi) is 4.39. The van der Waals surface area contributed by atoms with Crippen molar-refractivity contribution in [3.05, 3.63) is 46.8 Å². The molecule has 0 spiro atoms. The van der Waals surface area contributed by atoms with Crippen LogP contribution in [0.4, 0.5) is 13.2 Å². The number of aromatic nitrogens is 3. The molecule has 3 rings (SSSR count). The van der Waals surface area contributed by atoms with E-state index < -0.39 is 17.5 Å². The summed E-state index contributed by atoms with van der Waals surface area (Å²) in [7, 11) is 2.06. The lowest BCUT2D eigenvalue weighted by molar-refractivity contribution is 0.209. The summed E-state index contributed by atoms with van der Waals surface area (Å²) in [4.78, 5) is 6.52. The Balaban J connectivity index is 1.91. The summed E-state index contributed by atoms with van der Waals surface area (Å²) >= 11 is 0. The van der Waals surface area contributed by atoms with Crippen molar-refractivity contribution in [1.29, 1.82) is 0 Å². The van der Waals surface area contributed by atoms with Crippen molar-refractivity contribution in [3.8, 4) is 0 Å². The average molecular weight is 324 g/mol. The van der Waals surface area contributed by atoms with E-state index in [4.69, 9.17) is 0 Å². The maximum Gasteiger partial charge on any atom is 0.165 e. The van der Waals surface area contributed by atoms with Crippen LogP contribution in [0.3, 0.4) is 0 Å². The average Bonchev–Trinajstić information content (AvgIpc) is 2.89. The molecular weight excluding hydrogens is 305 g/mol. The molecule has 0 bridgehead atoms. The van der Waals surface area contributed by atoms with Gasteiger partial charge in [-0.15, -0.1) is 0 Å². The van der Waals surface area contributed by atoms with Crippen molar-refractivity contribution >= 4 is 0 Å². The van der Waals surface area contributed by atoms with Crippen molar-refractivity contribution < 1.29 is 13.2 Å². The number of aryl methyl sites for hydroxylation is 1. The molecule has 0 amide bonds. The van der Waals surface area contributed by atoms with Gasteiger partial charge in [0.1, 0.15) is 17.5 Å². The lowest BCUT2D eigenvalue weighted by Crippen LogP contribution is -2.32. The Labute approximate surface area is 132 Å². The maximum atomic E-state index is 13.9. The quantitative estimate of drug-likeness (QED) is 0.814. The molecular formula is C16H19F3N4. The monoisotopic (exact) mass is 324 g/mol. The molecule has 0 aliphatic carbocycles. The molecule has 1 aliphatic heterocycles. The predicted molar refractivity (Wildman–Crippen MR) is 79.6 cm³/mol. The van der Waals surface area contributed by atoms with Gasteiger partial charge in [-0.2, -0.15) is 5.10 Å². The first-order valence-electron chi connectivity index (χ1n) is 7.68. The molecule has 4 nitrogen and oxygen atoms in total. The van der Waals surface area contributed by atoms with E-state index in [0.717, 1.165) is 38.1 Å². The highest BCUT2D eigenvalue weighted by Crippen LogP contribution is 2.25. The fraction of sp³-hybridized carbons (Fsp3) is 0.500. The van der Waals surface area contributed by atoms with Gasteiger partial charge in [-0.05, 0) is 52.0 Å². The molecule has 0 saturated carbocycles. The standard InChI is InChI=1S/C16H19F3N4/c1-10-20-15(9-12-13(17)3-4-14(18)16(12)19)23(21-10)11-5-7-22(2)8-6-11/h3-4,11H,5-9H2,1-2H3. The van der Waals surface area contributed by atoms with E-state index in [1.807, 2.05) is 0 Å². The summed E-state index contributed by atoms with van der Waals surface area (Å²) in [6.07, 6.45) is 1.70. The first-order valence-corrected chi connectivity index (χ1v) is 7.68. The van der Waals surface area contributed by atoms with Gasteiger partial charge >= 0.3 is 0 Å². The van der Waals surface area contributed by atoms with Crippen LogP contribution in [0.2, 0.25) is 0 Å². The highest BCUT2D eigenvalue weighted by atomic mass is 19.2. The van der Waals surface area contributed by atoms with Gasteiger partial charge in [-0.1, -0.05) is 0 Å². The van der Waals surface area contributed by atoms with Gasteiger partial charge in [-0.25, -0.2) is 22.8 Å². The molecule has 1 aliphatic rings. The highest BCUT2D eigenvalue weighted by Gasteiger charge is 2.24. The molecule has 2 aromatic rings. The van der Waals surface area contributed by atoms with Crippen molar-refractivity contribution in [2.45, 2.75) is 32.2 Å². The molecule has 124 valence electrons. The molecule has 0 N–H and O–H groups in total. The summed E-state index contributed by atoms with van der Waals surface area (Å²) in [6, 6.07) is 1.89. The number of likely N-dealkylation sites (tertiary alicyclic amines) is 1. The molecule has 23 heavy (non-hydrogen) atoms. The van der Waals surface area contributed by atoms with Crippen LogP contribution in [0, 0.1) is 24.4 Å². The van der Waals surface area contributed by atoms with Gasteiger partial charge in [0.2, 0.25) is 0 Å². The minimum Gasteiger partial charge on any atom is -0.306 e. The highest BCUT2D eigenvalue weighted by molar-refractivity contribution is 5.24. The third kappa shape index (κ3) is 3.24. The minimum atomic E-state index is -1.15. The second-order valence-electron chi connectivity index (χ2n) is 6.05. The molecule has 2 heterocycles. The van der Waals surface area contributed by atoms with E-state index in [-0.39, 0.29) is 18.0 Å². The molecule has 0 unspecified atom stereocenters. The Bertz CT molecular complexity index is 706. The summed E-state index contributed by atoms with van der Waals surface area (Å²) in [5.41, 5.74) is -0.299. The third-order valence-corrected chi connectivity index (χ3v) is 4.32. The number of piperidine rings is 1. The van der Waals surface area contributed by atoms with Crippen molar-refractivity contribution in [3.63, 3.8) is 0 Å².